The van der Waals surface area contributed by atoms with E-state index in [-0.39, 0.29) is 29.7 Å². The summed E-state index contributed by atoms with van der Waals surface area (Å²) in [6.07, 6.45) is 0. The largest absolute Gasteiger partial charge is 0.493 e. The molecular formula is C20H22N2O7. The summed E-state index contributed by atoms with van der Waals surface area (Å²) in [5.74, 6) is -1.27. The number of nitro benzene ring substituents is 1. The average molecular weight is 402 g/mol. The van der Waals surface area contributed by atoms with Gasteiger partial charge in [0.25, 0.3) is 11.6 Å². The lowest BCUT2D eigenvalue weighted by Gasteiger charge is -2.14. The maximum atomic E-state index is 12.4. The Morgan fingerprint density at radius 2 is 1.86 bits per heavy atom. The summed E-state index contributed by atoms with van der Waals surface area (Å²) in [6, 6.07) is 11.2. The highest BCUT2D eigenvalue weighted by atomic mass is 16.6. The van der Waals surface area contributed by atoms with Crippen molar-refractivity contribution in [2.75, 3.05) is 20.3 Å². The summed E-state index contributed by atoms with van der Waals surface area (Å²) >= 11 is 0. The van der Waals surface area contributed by atoms with E-state index in [0.29, 0.717) is 0 Å². The van der Waals surface area contributed by atoms with Crippen LogP contribution in [0.3, 0.4) is 0 Å². The van der Waals surface area contributed by atoms with Gasteiger partial charge in [-0.1, -0.05) is 30.3 Å². The number of amides is 1. The number of nitrogens with one attached hydrogen (secondary N) is 1. The lowest BCUT2D eigenvalue weighted by molar-refractivity contribution is -0.385. The molecule has 1 atom stereocenters. The SMILES string of the molecule is CCOc1cc(C(=O)OCC(=O)N[C@H](C)c2ccccc2)c([N+](=O)[O-])cc1OC. The minimum atomic E-state index is -1.01. The molecule has 0 aromatic heterocycles. The Balaban J connectivity index is 2.10. The molecule has 0 aliphatic carbocycles. The van der Waals surface area contributed by atoms with Crippen molar-refractivity contribution in [3.63, 3.8) is 0 Å². The molecule has 0 bridgehead atoms. The van der Waals surface area contributed by atoms with Crippen molar-refractivity contribution in [3.05, 3.63) is 63.7 Å². The van der Waals surface area contributed by atoms with Crippen LogP contribution in [0.1, 0.15) is 35.8 Å². The van der Waals surface area contributed by atoms with Crippen LogP contribution in [0.4, 0.5) is 5.69 Å². The lowest BCUT2D eigenvalue weighted by Crippen LogP contribution is -2.31. The van der Waals surface area contributed by atoms with Crippen molar-refractivity contribution >= 4 is 17.6 Å². The topological polar surface area (TPSA) is 117 Å². The molecule has 2 aromatic rings. The van der Waals surface area contributed by atoms with Gasteiger partial charge in [0.2, 0.25) is 0 Å². The van der Waals surface area contributed by atoms with Crippen LogP contribution in [0.15, 0.2) is 42.5 Å². The number of nitrogens with zero attached hydrogens (tertiary/aromatic N) is 1. The summed E-state index contributed by atoms with van der Waals surface area (Å²) in [5, 5.41) is 14.0. The highest BCUT2D eigenvalue weighted by molar-refractivity contribution is 5.96. The van der Waals surface area contributed by atoms with Gasteiger partial charge in [-0.15, -0.1) is 0 Å². The molecule has 2 aromatic carbocycles. The molecular weight excluding hydrogens is 380 g/mol. The van der Waals surface area contributed by atoms with Crippen molar-refractivity contribution in [2.24, 2.45) is 0 Å². The highest BCUT2D eigenvalue weighted by Gasteiger charge is 2.26. The van der Waals surface area contributed by atoms with Crippen LogP contribution in [0.5, 0.6) is 11.5 Å². The number of rotatable bonds is 9. The van der Waals surface area contributed by atoms with E-state index < -0.39 is 29.1 Å². The second-order valence-electron chi connectivity index (χ2n) is 5.99. The minimum absolute atomic E-state index is 0.115. The second-order valence-corrected chi connectivity index (χ2v) is 5.99. The first-order valence-electron chi connectivity index (χ1n) is 8.88. The van der Waals surface area contributed by atoms with Crippen molar-refractivity contribution in [2.45, 2.75) is 19.9 Å². The Kier molecular flexibility index (Phi) is 7.53. The predicted octanol–water partition coefficient (Wildman–Crippen LogP) is 3.04. The lowest BCUT2D eigenvalue weighted by atomic mass is 10.1. The molecule has 2 rings (SSSR count). The third-order valence-corrected chi connectivity index (χ3v) is 4.01. The molecule has 9 nitrogen and oxygen atoms in total. The van der Waals surface area contributed by atoms with Crippen molar-refractivity contribution in [1.29, 1.82) is 0 Å². The number of benzene rings is 2. The third-order valence-electron chi connectivity index (χ3n) is 4.01. The maximum Gasteiger partial charge on any atom is 0.345 e. The molecule has 1 amide bonds. The van der Waals surface area contributed by atoms with E-state index in [2.05, 4.69) is 5.32 Å². The molecule has 0 spiro atoms. The van der Waals surface area contributed by atoms with E-state index in [4.69, 9.17) is 14.2 Å². The number of methoxy groups -OCH3 is 1. The van der Waals surface area contributed by atoms with E-state index in [0.717, 1.165) is 11.6 Å². The molecule has 0 fully saturated rings. The normalized spacial score (nSPS) is 11.3. The summed E-state index contributed by atoms with van der Waals surface area (Å²) in [5.41, 5.74) is 0.0517. The van der Waals surface area contributed by atoms with Crippen LogP contribution >= 0.6 is 0 Å². The van der Waals surface area contributed by atoms with Crippen LogP contribution < -0.4 is 14.8 Å². The van der Waals surface area contributed by atoms with Crippen molar-refractivity contribution in [1.82, 2.24) is 5.32 Å². The van der Waals surface area contributed by atoms with Crippen molar-refractivity contribution in [3.8, 4) is 11.5 Å². The molecule has 29 heavy (non-hydrogen) atoms. The van der Waals surface area contributed by atoms with Crippen LogP contribution in [-0.2, 0) is 9.53 Å². The fraction of sp³-hybridized carbons (Fsp3) is 0.300. The van der Waals surface area contributed by atoms with E-state index >= 15 is 0 Å². The quantitative estimate of drug-likeness (QED) is 0.389. The fourth-order valence-corrected chi connectivity index (χ4v) is 2.61. The van der Waals surface area contributed by atoms with E-state index in [1.54, 1.807) is 13.8 Å². The third kappa shape index (κ3) is 5.68. The molecule has 1 N–H and O–H groups in total. The van der Waals surface area contributed by atoms with E-state index in [1.807, 2.05) is 30.3 Å². The smallest absolute Gasteiger partial charge is 0.345 e. The number of hydrogen-bond acceptors (Lipinski definition) is 7. The van der Waals surface area contributed by atoms with Gasteiger partial charge in [-0.25, -0.2) is 4.79 Å². The van der Waals surface area contributed by atoms with Crippen LogP contribution in [0.2, 0.25) is 0 Å². The Hall–Kier alpha value is -3.62. The Labute approximate surface area is 167 Å². The van der Waals surface area contributed by atoms with Gasteiger partial charge < -0.3 is 19.5 Å². The van der Waals surface area contributed by atoms with Crippen LogP contribution in [0.25, 0.3) is 0 Å². The summed E-state index contributed by atoms with van der Waals surface area (Å²) in [6.45, 7) is 3.19. The van der Waals surface area contributed by atoms with Gasteiger partial charge in [0.1, 0.15) is 5.56 Å². The molecule has 0 aliphatic rings. The van der Waals surface area contributed by atoms with Gasteiger partial charge in [-0.2, -0.15) is 0 Å². The molecule has 0 saturated heterocycles. The average Bonchev–Trinajstić information content (AvgIpc) is 2.72. The summed E-state index contributed by atoms with van der Waals surface area (Å²) in [4.78, 5) is 35.1. The molecule has 0 radical (unpaired) electrons. The van der Waals surface area contributed by atoms with Gasteiger partial charge in [-0.05, 0) is 19.4 Å². The first kappa shape index (κ1) is 21.7. The standard InChI is InChI=1S/C20H22N2O7/c1-4-28-18-10-15(16(22(25)26)11-17(18)27-3)20(24)29-12-19(23)21-13(2)14-8-6-5-7-9-14/h5-11,13H,4,12H2,1-3H3,(H,21,23)/t13-/m1/s1. The monoisotopic (exact) mass is 402 g/mol. The summed E-state index contributed by atoms with van der Waals surface area (Å²) in [7, 11) is 1.33. The first-order chi connectivity index (χ1) is 13.9. The van der Waals surface area contributed by atoms with Gasteiger partial charge >= 0.3 is 5.97 Å². The molecule has 0 unspecified atom stereocenters. The number of hydrogen-bond donors (Lipinski definition) is 1. The zero-order valence-corrected chi connectivity index (χ0v) is 16.3. The minimum Gasteiger partial charge on any atom is -0.493 e. The Morgan fingerprint density at radius 1 is 1.17 bits per heavy atom. The molecule has 0 heterocycles. The van der Waals surface area contributed by atoms with Gasteiger partial charge in [0.05, 0.1) is 30.7 Å². The zero-order chi connectivity index (χ0) is 21.4. The molecule has 0 aliphatic heterocycles. The molecule has 0 saturated carbocycles. The second kappa shape index (κ2) is 10.1. The number of esters is 1. The van der Waals surface area contributed by atoms with Crippen molar-refractivity contribution < 1.29 is 28.7 Å². The first-order valence-corrected chi connectivity index (χ1v) is 8.88. The highest BCUT2D eigenvalue weighted by Crippen LogP contribution is 2.35. The summed E-state index contributed by atoms with van der Waals surface area (Å²) < 4.78 is 15.4. The molecule has 9 heteroatoms. The van der Waals surface area contributed by atoms with Crippen LogP contribution in [0, 0.1) is 10.1 Å². The molecule has 154 valence electrons. The number of nitro groups is 1. The van der Waals surface area contributed by atoms with Crippen LogP contribution in [-0.4, -0.2) is 37.1 Å². The Morgan fingerprint density at radius 3 is 2.45 bits per heavy atom. The number of carbonyl (C=O) groups excluding carboxylic acids is 2. The van der Waals surface area contributed by atoms with Gasteiger partial charge in [0, 0.05) is 6.07 Å². The number of carbonyl (C=O) groups is 2. The Bertz CT molecular complexity index is 884. The van der Waals surface area contributed by atoms with Gasteiger partial charge in [0.15, 0.2) is 18.1 Å². The predicted molar refractivity (Wildman–Crippen MR) is 104 cm³/mol. The maximum absolute atomic E-state index is 12.4. The van der Waals surface area contributed by atoms with E-state index in [1.165, 1.54) is 13.2 Å². The number of ether oxygens (including phenoxy) is 3. The zero-order valence-electron chi connectivity index (χ0n) is 16.3. The van der Waals surface area contributed by atoms with Gasteiger partial charge in [-0.3, -0.25) is 14.9 Å². The van der Waals surface area contributed by atoms with E-state index in [9.17, 15) is 19.7 Å². The fourth-order valence-electron chi connectivity index (χ4n) is 2.61.